The Bertz CT molecular complexity index is 540. The summed E-state index contributed by atoms with van der Waals surface area (Å²) in [4.78, 5) is 12.1. The molecule has 0 aromatic heterocycles. The number of allylic oxidation sites excluding steroid dienone is 2. The Morgan fingerprint density at radius 2 is 1.89 bits per heavy atom. The molecule has 0 unspecified atom stereocenters. The Hall–Kier alpha value is -1.37. The Kier molecular flexibility index (Phi) is 2.88. The third kappa shape index (κ3) is 1.64. The lowest BCUT2D eigenvalue weighted by atomic mass is 9.69. The smallest absolute Gasteiger partial charge is 0.156 e. The average Bonchev–Trinajstić information content (AvgIpc) is 2.94. The quantitative estimate of drug-likeness (QED) is 0.770. The van der Waals surface area contributed by atoms with Gasteiger partial charge in [0.05, 0.1) is 0 Å². The highest BCUT2D eigenvalue weighted by atomic mass is 16.1. The minimum atomic E-state index is 0.0590. The molecule has 19 heavy (non-hydrogen) atoms. The molecule has 0 heterocycles. The number of fused-ring (bicyclic) bond motifs is 1. The van der Waals surface area contributed by atoms with Gasteiger partial charge in [-0.1, -0.05) is 49.2 Å². The Labute approximate surface area is 115 Å². The molecule has 1 aromatic rings. The molecule has 1 fully saturated rings. The number of carbonyl (C=O) groups excluding carboxylic acids is 1. The first-order chi connectivity index (χ1) is 9.06. The Morgan fingerprint density at radius 1 is 1.21 bits per heavy atom. The first-order valence-electron chi connectivity index (χ1n) is 7.34. The first-order valence-corrected chi connectivity index (χ1v) is 7.34. The molecule has 1 aromatic carbocycles. The molecule has 0 aliphatic heterocycles. The van der Waals surface area contributed by atoms with E-state index in [2.05, 4.69) is 44.2 Å². The van der Waals surface area contributed by atoms with Crippen LogP contribution in [0.15, 0.2) is 41.5 Å². The highest BCUT2D eigenvalue weighted by molar-refractivity contribution is 5.96. The second-order valence-corrected chi connectivity index (χ2v) is 6.31. The van der Waals surface area contributed by atoms with Gasteiger partial charge in [-0.15, -0.1) is 0 Å². The maximum Gasteiger partial charge on any atom is 0.156 e. The van der Waals surface area contributed by atoms with Crippen molar-refractivity contribution >= 4 is 5.78 Å². The van der Waals surface area contributed by atoms with Gasteiger partial charge in [-0.05, 0) is 49.7 Å². The molecule has 3 atom stereocenters. The molecule has 100 valence electrons. The van der Waals surface area contributed by atoms with Gasteiger partial charge in [-0.25, -0.2) is 0 Å². The first kappa shape index (κ1) is 12.7. The predicted molar refractivity (Wildman–Crippen MR) is 78.0 cm³/mol. The number of carbonyl (C=O) groups is 1. The van der Waals surface area contributed by atoms with E-state index in [-0.39, 0.29) is 11.2 Å². The molecule has 3 rings (SSSR count). The number of Topliss-reactive ketones (excluding diaryl/α,β-unsaturated/α-hetero) is 1. The molecule has 0 amide bonds. The fourth-order valence-electron chi connectivity index (χ4n) is 4.57. The zero-order chi connectivity index (χ0) is 13.6. The molecule has 1 saturated carbocycles. The fraction of sp³-hybridized carbons (Fsp3) is 0.500. The van der Waals surface area contributed by atoms with Crippen LogP contribution in [-0.4, -0.2) is 5.78 Å². The summed E-state index contributed by atoms with van der Waals surface area (Å²) in [7, 11) is 0. The van der Waals surface area contributed by atoms with Gasteiger partial charge in [0.1, 0.15) is 0 Å². The number of rotatable bonds is 2. The lowest BCUT2D eigenvalue weighted by Crippen LogP contribution is -2.30. The van der Waals surface area contributed by atoms with Crippen LogP contribution in [0.2, 0.25) is 0 Å². The van der Waals surface area contributed by atoms with Gasteiger partial charge < -0.3 is 0 Å². The van der Waals surface area contributed by atoms with E-state index in [9.17, 15) is 4.79 Å². The molecule has 2 aliphatic rings. The monoisotopic (exact) mass is 254 g/mol. The normalized spacial score (nSPS) is 33.6. The molecule has 0 saturated heterocycles. The standard InChI is InChI=1S/C18H22O/c1-12-17(13(2)19)15-10-7-11-16(15)18(12,3)14-8-5-4-6-9-14/h4-6,8-9,15-16H,7,10-11H2,1-3H3/t15-,16+,18+/m0/s1. The molecule has 0 N–H and O–H groups in total. The molecule has 0 spiro atoms. The van der Waals surface area contributed by atoms with Gasteiger partial charge in [0.2, 0.25) is 0 Å². The number of hydrogen-bond acceptors (Lipinski definition) is 1. The van der Waals surface area contributed by atoms with E-state index in [1.54, 1.807) is 6.92 Å². The lowest BCUT2D eigenvalue weighted by molar-refractivity contribution is -0.114. The van der Waals surface area contributed by atoms with Crippen LogP contribution in [0.3, 0.4) is 0 Å². The van der Waals surface area contributed by atoms with E-state index in [1.807, 2.05) is 0 Å². The van der Waals surface area contributed by atoms with Crippen LogP contribution in [0.25, 0.3) is 0 Å². The second kappa shape index (κ2) is 4.33. The van der Waals surface area contributed by atoms with Gasteiger partial charge in [0.25, 0.3) is 0 Å². The summed E-state index contributed by atoms with van der Waals surface area (Å²) in [6, 6.07) is 10.7. The largest absolute Gasteiger partial charge is 0.295 e. The van der Waals surface area contributed by atoms with Crippen molar-refractivity contribution in [3.8, 4) is 0 Å². The third-order valence-corrected chi connectivity index (χ3v) is 5.56. The average molecular weight is 254 g/mol. The maximum absolute atomic E-state index is 12.1. The summed E-state index contributed by atoms with van der Waals surface area (Å²) < 4.78 is 0. The minimum Gasteiger partial charge on any atom is -0.295 e. The van der Waals surface area contributed by atoms with Gasteiger partial charge >= 0.3 is 0 Å². The van der Waals surface area contributed by atoms with E-state index in [1.165, 1.54) is 30.4 Å². The zero-order valence-corrected chi connectivity index (χ0v) is 12.1. The molecular weight excluding hydrogens is 232 g/mol. The van der Waals surface area contributed by atoms with Crippen LogP contribution < -0.4 is 0 Å². The van der Waals surface area contributed by atoms with Crippen molar-refractivity contribution in [1.82, 2.24) is 0 Å². The topological polar surface area (TPSA) is 17.1 Å². The maximum atomic E-state index is 12.1. The van der Waals surface area contributed by atoms with Crippen LogP contribution >= 0.6 is 0 Å². The SMILES string of the molecule is CC(=O)C1=C(C)[C@](C)(c2ccccc2)[C@@H]2CCC[C@H]12. The predicted octanol–water partition coefficient (Wildman–Crippen LogP) is 4.28. The van der Waals surface area contributed by atoms with Crippen LogP contribution in [-0.2, 0) is 10.2 Å². The van der Waals surface area contributed by atoms with Crippen molar-refractivity contribution in [2.75, 3.05) is 0 Å². The number of benzene rings is 1. The van der Waals surface area contributed by atoms with Crippen molar-refractivity contribution in [3.63, 3.8) is 0 Å². The van der Waals surface area contributed by atoms with Crippen molar-refractivity contribution in [1.29, 1.82) is 0 Å². The fourth-order valence-corrected chi connectivity index (χ4v) is 4.57. The van der Waals surface area contributed by atoms with Gasteiger partial charge in [0.15, 0.2) is 5.78 Å². The van der Waals surface area contributed by atoms with Crippen molar-refractivity contribution in [3.05, 3.63) is 47.0 Å². The van der Waals surface area contributed by atoms with Gasteiger partial charge in [0, 0.05) is 5.41 Å². The molecule has 0 radical (unpaired) electrons. The molecule has 2 aliphatic carbocycles. The highest BCUT2D eigenvalue weighted by Gasteiger charge is 2.52. The van der Waals surface area contributed by atoms with Crippen LogP contribution in [0.5, 0.6) is 0 Å². The van der Waals surface area contributed by atoms with Crippen molar-refractivity contribution < 1.29 is 4.79 Å². The molecule has 1 nitrogen and oxygen atoms in total. The molecular formula is C18H22O. The summed E-state index contributed by atoms with van der Waals surface area (Å²) in [5.74, 6) is 1.41. The van der Waals surface area contributed by atoms with E-state index >= 15 is 0 Å². The Morgan fingerprint density at radius 3 is 2.53 bits per heavy atom. The van der Waals surface area contributed by atoms with E-state index in [4.69, 9.17) is 0 Å². The third-order valence-electron chi connectivity index (χ3n) is 5.56. The van der Waals surface area contributed by atoms with Gasteiger partial charge in [-0.3, -0.25) is 4.79 Å². The van der Waals surface area contributed by atoms with Crippen LogP contribution in [0.4, 0.5) is 0 Å². The zero-order valence-electron chi connectivity index (χ0n) is 12.1. The van der Waals surface area contributed by atoms with Crippen molar-refractivity contribution in [2.24, 2.45) is 11.8 Å². The summed E-state index contributed by atoms with van der Waals surface area (Å²) in [6.07, 6.45) is 3.71. The van der Waals surface area contributed by atoms with Crippen LogP contribution in [0.1, 0.15) is 45.6 Å². The van der Waals surface area contributed by atoms with E-state index in [0.717, 1.165) is 5.57 Å². The Balaban J connectivity index is 2.17. The van der Waals surface area contributed by atoms with E-state index in [0.29, 0.717) is 11.8 Å². The molecule has 0 bridgehead atoms. The minimum absolute atomic E-state index is 0.0590. The summed E-state index contributed by atoms with van der Waals surface area (Å²) in [5.41, 5.74) is 3.89. The summed E-state index contributed by atoms with van der Waals surface area (Å²) in [5, 5.41) is 0. The summed E-state index contributed by atoms with van der Waals surface area (Å²) in [6.45, 7) is 6.27. The number of ketones is 1. The van der Waals surface area contributed by atoms with Crippen molar-refractivity contribution in [2.45, 2.75) is 45.4 Å². The van der Waals surface area contributed by atoms with Gasteiger partial charge in [-0.2, -0.15) is 0 Å². The lowest BCUT2D eigenvalue weighted by Gasteiger charge is -2.34. The van der Waals surface area contributed by atoms with E-state index < -0.39 is 0 Å². The molecule has 1 heteroatoms. The number of hydrogen-bond donors (Lipinski definition) is 0. The highest BCUT2D eigenvalue weighted by Crippen LogP contribution is 2.58. The van der Waals surface area contributed by atoms with Crippen LogP contribution in [0, 0.1) is 11.8 Å². The summed E-state index contributed by atoms with van der Waals surface area (Å²) >= 11 is 0. The second-order valence-electron chi connectivity index (χ2n) is 6.31.